The molecule has 0 bridgehead atoms. The van der Waals surface area contributed by atoms with Gasteiger partial charge in [0.05, 0.1) is 18.7 Å². The first kappa shape index (κ1) is 19.0. The lowest BCUT2D eigenvalue weighted by molar-refractivity contribution is 0.0668. The van der Waals surface area contributed by atoms with Crippen LogP contribution in [0.5, 0.6) is 5.75 Å². The third kappa shape index (κ3) is 3.41. The van der Waals surface area contributed by atoms with Crippen LogP contribution in [-0.4, -0.2) is 44.7 Å². The van der Waals surface area contributed by atoms with Crippen LogP contribution in [0.1, 0.15) is 20.3 Å². The third-order valence-corrected chi connectivity index (χ3v) is 5.79. The number of methoxy groups -OCH3 is 1. The van der Waals surface area contributed by atoms with E-state index >= 15 is 0 Å². The second-order valence-electron chi connectivity index (χ2n) is 7.50. The molecule has 2 aliphatic rings. The molecule has 8 heteroatoms. The summed E-state index contributed by atoms with van der Waals surface area (Å²) in [7, 11) is 1.60. The number of urea groups is 1. The second kappa shape index (κ2) is 6.76. The number of amides is 2. The zero-order valence-corrected chi connectivity index (χ0v) is 15.9. The summed E-state index contributed by atoms with van der Waals surface area (Å²) >= 11 is 6.07. The molecule has 1 aromatic carbocycles. The first-order valence-corrected chi connectivity index (χ1v) is 9.05. The molecule has 2 N–H and O–H groups in total. The largest absolute Gasteiger partial charge is 0.495 e. The molecule has 1 aromatic rings. The maximum absolute atomic E-state index is 13.6. The van der Waals surface area contributed by atoms with Crippen molar-refractivity contribution < 1.29 is 18.3 Å². The summed E-state index contributed by atoms with van der Waals surface area (Å²) in [6, 6.07) is 4.93. The number of anilines is 1. The van der Waals surface area contributed by atoms with Gasteiger partial charge in [0, 0.05) is 36.1 Å². The van der Waals surface area contributed by atoms with Gasteiger partial charge in [-0.2, -0.15) is 0 Å². The first-order valence-electron chi connectivity index (χ1n) is 8.67. The number of ether oxygens (including phenoxy) is 1. The molecule has 1 heterocycles. The van der Waals surface area contributed by atoms with E-state index in [0.29, 0.717) is 11.6 Å². The number of halogens is 3. The zero-order chi connectivity index (χ0) is 19.1. The summed E-state index contributed by atoms with van der Waals surface area (Å²) in [5, 5.41) is 6.05. The first-order chi connectivity index (χ1) is 12.2. The van der Waals surface area contributed by atoms with Crippen molar-refractivity contribution in [2.24, 2.45) is 11.3 Å². The summed E-state index contributed by atoms with van der Waals surface area (Å²) in [6.07, 6.45) is 0.758. The van der Waals surface area contributed by atoms with Gasteiger partial charge in [0.2, 0.25) is 0 Å². The van der Waals surface area contributed by atoms with Crippen molar-refractivity contribution in [3.05, 3.63) is 23.2 Å². The van der Waals surface area contributed by atoms with Crippen LogP contribution in [0.4, 0.5) is 19.3 Å². The molecule has 5 nitrogen and oxygen atoms in total. The Labute approximate surface area is 157 Å². The van der Waals surface area contributed by atoms with Gasteiger partial charge in [-0.05, 0) is 24.6 Å². The van der Waals surface area contributed by atoms with Crippen molar-refractivity contribution in [3.63, 3.8) is 0 Å². The molecule has 2 amide bonds. The molecule has 2 unspecified atom stereocenters. The van der Waals surface area contributed by atoms with Crippen LogP contribution in [0.25, 0.3) is 0 Å². The lowest BCUT2D eigenvalue weighted by atomic mass is 10.1. The predicted molar refractivity (Wildman–Crippen MR) is 97.4 cm³/mol. The van der Waals surface area contributed by atoms with E-state index in [0.717, 1.165) is 24.4 Å². The summed E-state index contributed by atoms with van der Waals surface area (Å²) in [5.41, 5.74) is -0.169. The smallest absolute Gasteiger partial charge is 0.315 e. The number of nitrogens with one attached hydrogen (secondary N) is 2. The van der Waals surface area contributed by atoms with Crippen LogP contribution in [0, 0.1) is 11.3 Å². The Morgan fingerprint density at radius 1 is 1.42 bits per heavy atom. The maximum Gasteiger partial charge on any atom is 0.315 e. The van der Waals surface area contributed by atoms with Crippen LogP contribution < -0.4 is 20.3 Å². The van der Waals surface area contributed by atoms with E-state index in [-0.39, 0.29) is 12.6 Å². The molecule has 2 fully saturated rings. The molecule has 3 rings (SSSR count). The number of alkyl halides is 2. The van der Waals surface area contributed by atoms with Gasteiger partial charge in [-0.25, -0.2) is 13.6 Å². The molecule has 2 atom stereocenters. The van der Waals surface area contributed by atoms with Crippen LogP contribution in [0.2, 0.25) is 5.02 Å². The van der Waals surface area contributed by atoms with Crippen LogP contribution in [0.3, 0.4) is 0 Å². The third-order valence-electron chi connectivity index (χ3n) is 5.56. The van der Waals surface area contributed by atoms with Gasteiger partial charge in [0.15, 0.2) is 0 Å². The lowest BCUT2D eigenvalue weighted by Crippen LogP contribution is -2.44. The van der Waals surface area contributed by atoms with Crippen molar-refractivity contribution in [2.75, 3.05) is 31.6 Å². The minimum Gasteiger partial charge on any atom is -0.495 e. The highest BCUT2D eigenvalue weighted by atomic mass is 35.5. The molecule has 0 radical (unpaired) electrons. The van der Waals surface area contributed by atoms with E-state index < -0.39 is 23.3 Å². The molecule has 1 saturated heterocycles. The van der Waals surface area contributed by atoms with Gasteiger partial charge < -0.3 is 20.3 Å². The van der Waals surface area contributed by atoms with Gasteiger partial charge in [-0.1, -0.05) is 25.4 Å². The van der Waals surface area contributed by atoms with E-state index in [1.165, 1.54) is 13.8 Å². The summed E-state index contributed by atoms with van der Waals surface area (Å²) < 4.78 is 32.5. The molecule has 1 aliphatic heterocycles. The Bertz CT molecular complexity index is 685. The minimum absolute atomic E-state index is 0.0234. The summed E-state index contributed by atoms with van der Waals surface area (Å²) in [4.78, 5) is 14.1. The second-order valence-corrected chi connectivity index (χ2v) is 7.94. The van der Waals surface area contributed by atoms with Crippen LogP contribution in [-0.2, 0) is 0 Å². The van der Waals surface area contributed by atoms with Crippen molar-refractivity contribution in [3.8, 4) is 5.75 Å². The van der Waals surface area contributed by atoms with Crippen LogP contribution >= 0.6 is 11.6 Å². The lowest BCUT2D eigenvalue weighted by Gasteiger charge is -2.22. The van der Waals surface area contributed by atoms with Crippen molar-refractivity contribution in [2.45, 2.75) is 32.2 Å². The number of carbonyl (C=O) groups is 1. The van der Waals surface area contributed by atoms with Gasteiger partial charge in [0.1, 0.15) is 5.75 Å². The molecule has 0 spiro atoms. The van der Waals surface area contributed by atoms with Crippen molar-refractivity contribution in [1.82, 2.24) is 10.6 Å². The maximum atomic E-state index is 13.6. The topological polar surface area (TPSA) is 53.6 Å². The van der Waals surface area contributed by atoms with E-state index in [1.54, 1.807) is 13.2 Å². The van der Waals surface area contributed by atoms with Crippen LogP contribution in [0.15, 0.2) is 18.2 Å². The molecular weight excluding hydrogens is 364 g/mol. The number of rotatable bonds is 5. The predicted octanol–water partition coefficient (Wildman–Crippen LogP) is 3.52. The standard InChI is InChI=1S/C18H24ClF2N3O2/c1-17(2)15(18(17,20)21)9-22-16(25)23-12-6-7-24(10-12)13-8-11(19)4-5-14(13)26-3/h4-5,8,12,15H,6-7,9-10H2,1-3H3,(H2,22,23,25). The van der Waals surface area contributed by atoms with Crippen molar-refractivity contribution >= 4 is 23.3 Å². The summed E-state index contributed by atoms with van der Waals surface area (Å²) in [6.45, 7) is 4.36. The van der Waals surface area contributed by atoms with E-state index in [2.05, 4.69) is 15.5 Å². The fourth-order valence-corrected chi connectivity index (χ4v) is 3.75. The van der Waals surface area contributed by atoms with E-state index in [1.807, 2.05) is 12.1 Å². The Kier molecular flexibility index (Phi) is 4.94. The molecule has 1 saturated carbocycles. The normalized spacial score (nSPS) is 25.7. The number of carbonyl (C=O) groups excluding carboxylic acids is 1. The Balaban J connectivity index is 1.51. The van der Waals surface area contributed by atoms with Gasteiger partial charge in [0.25, 0.3) is 5.92 Å². The number of hydrogen-bond donors (Lipinski definition) is 2. The average molecular weight is 388 g/mol. The molecule has 0 aromatic heterocycles. The fraction of sp³-hybridized carbons (Fsp3) is 0.611. The Hall–Kier alpha value is -1.76. The van der Waals surface area contributed by atoms with Gasteiger partial charge >= 0.3 is 6.03 Å². The van der Waals surface area contributed by atoms with E-state index in [4.69, 9.17) is 16.3 Å². The Morgan fingerprint density at radius 3 is 2.73 bits per heavy atom. The quantitative estimate of drug-likeness (QED) is 0.812. The highest BCUT2D eigenvalue weighted by molar-refractivity contribution is 6.30. The molecule has 26 heavy (non-hydrogen) atoms. The van der Waals surface area contributed by atoms with Gasteiger partial charge in [-0.15, -0.1) is 0 Å². The molecule has 1 aliphatic carbocycles. The number of benzene rings is 1. The monoisotopic (exact) mass is 387 g/mol. The molecule has 144 valence electrons. The summed E-state index contributed by atoms with van der Waals surface area (Å²) in [5.74, 6) is -2.80. The Morgan fingerprint density at radius 2 is 2.12 bits per heavy atom. The van der Waals surface area contributed by atoms with E-state index in [9.17, 15) is 13.6 Å². The van der Waals surface area contributed by atoms with Gasteiger partial charge in [-0.3, -0.25) is 0 Å². The fourth-order valence-electron chi connectivity index (χ4n) is 3.58. The minimum atomic E-state index is -2.71. The average Bonchev–Trinajstić information content (AvgIpc) is 2.90. The SMILES string of the molecule is COc1ccc(Cl)cc1N1CCC(NC(=O)NCC2C(C)(C)C2(F)F)C1. The highest BCUT2D eigenvalue weighted by Gasteiger charge is 2.74. The zero-order valence-electron chi connectivity index (χ0n) is 15.1. The number of nitrogens with zero attached hydrogens (tertiary/aromatic N) is 1. The number of hydrogen-bond acceptors (Lipinski definition) is 3. The highest BCUT2D eigenvalue weighted by Crippen LogP contribution is 2.65. The van der Waals surface area contributed by atoms with Crippen molar-refractivity contribution in [1.29, 1.82) is 0 Å². The molecular formula is C18H24ClF2N3O2.